The number of hydrogen-bond acceptors (Lipinski definition) is 4. The van der Waals surface area contributed by atoms with Gasteiger partial charge in [-0.2, -0.15) is 0 Å². The van der Waals surface area contributed by atoms with Crippen molar-refractivity contribution >= 4 is 29.0 Å². The number of likely N-dealkylation sites (N-methyl/N-ethyl adjacent to an activating group) is 1. The van der Waals surface area contributed by atoms with Gasteiger partial charge in [-0.1, -0.05) is 47.5 Å². The Labute approximate surface area is 182 Å². The standard InChI is InChI=1S/C24H26ClN3O2/c1-16-4-9-20(17(2)14-16)21-22(27-12-10-26(3)11-13-27)24(30)28(23(21)29)15-18-5-7-19(25)8-6-18/h4-9,14H,10-13,15H2,1-3H3. The van der Waals surface area contributed by atoms with Gasteiger partial charge < -0.3 is 9.80 Å². The van der Waals surface area contributed by atoms with Crippen LogP contribution in [-0.4, -0.2) is 59.7 Å². The molecule has 0 atom stereocenters. The van der Waals surface area contributed by atoms with E-state index in [4.69, 9.17) is 11.6 Å². The van der Waals surface area contributed by atoms with E-state index in [-0.39, 0.29) is 18.4 Å². The van der Waals surface area contributed by atoms with E-state index in [9.17, 15) is 9.59 Å². The number of benzene rings is 2. The first-order valence-electron chi connectivity index (χ1n) is 10.2. The average molecular weight is 424 g/mol. The second-order valence-electron chi connectivity index (χ2n) is 8.16. The monoisotopic (exact) mass is 423 g/mol. The van der Waals surface area contributed by atoms with Gasteiger partial charge in [0.05, 0.1) is 12.1 Å². The van der Waals surface area contributed by atoms with E-state index in [1.54, 1.807) is 12.1 Å². The molecular formula is C24H26ClN3O2. The third kappa shape index (κ3) is 3.87. The summed E-state index contributed by atoms with van der Waals surface area (Å²) in [6.07, 6.45) is 0. The van der Waals surface area contributed by atoms with Gasteiger partial charge in [0, 0.05) is 31.2 Å². The molecule has 5 nitrogen and oxygen atoms in total. The number of rotatable bonds is 4. The maximum absolute atomic E-state index is 13.5. The lowest BCUT2D eigenvalue weighted by atomic mass is 9.97. The summed E-state index contributed by atoms with van der Waals surface area (Å²) < 4.78 is 0. The minimum atomic E-state index is -0.226. The summed E-state index contributed by atoms with van der Waals surface area (Å²) in [5.41, 5.74) is 4.91. The minimum Gasteiger partial charge on any atom is -0.364 e. The van der Waals surface area contributed by atoms with Crippen molar-refractivity contribution in [3.05, 3.63) is 75.4 Å². The van der Waals surface area contributed by atoms with Gasteiger partial charge in [0.15, 0.2) is 0 Å². The van der Waals surface area contributed by atoms with Crippen LogP contribution in [0.3, 0.4) is 0 Å². The molecule has 0 aromatic heterocycles. The molecule has 0 spiro atoms. The Morgan fingerprint density at radius 1 is 0.900 bits per heavy atom. The van der Waals surface area contributed by atoms with Crippen molar-refractivity contribution in [3.63, 3.8) is 0 Å². The Kier molecular flexibility index (Phi) is 5.67. The van der Waals surface area contributed by atoms with Crippen LogP contribution in [-0.2, 0) is 16.1 Å². The maximum Gasteiger partial charge on any atom is 0.278 e. The third-order valence-electron chi connectivity index (χ3n) is 5.87. The number of imide groups is 1. The molecule has 2 aliphatic heterocycles. The van der Waals surface area contributed by atoms with Gasteiger partial charge in [-0.15, -0.1) is 0 Å². The number of hydrogen-bond donors (Lipinski definition) is 0. The lowest BCUT2D eigenvalue weighted by Gasteiger charge is -2.34. The fourth-order valence-corrected chi connectivity index (χ4v) is 4.27. The molecule has 0 aliphatic carbocycles. The number of aryl methyl sites for hydroxylation is 2. The number of carbonyl (C=O) groups excluding carboxylic acids is 2. The van der Waals surface area contributed by atoms with E-state index in [0.717, 1.165) is 48.4 Å². The predicted molar refractivity (Wildman–Crippen MR) is 119 cm³/mol. The fourth-order valence-electron chi connectivity index (χ4n) is 4.14. The lowest BCUT2D eigenvalue weighted by molar-refractivity contribution is -0.138. The Balaban J connectivity index is 1.75. The van der Waals surface area contributed by atoms with Crippen LogP contribution in [0.4, 0.5) is 0 Å². The molecule has 6 heteroatoms. The zero-order chi connectivity index (χ0) is 21.4. The van der Waals surface area contributed by atoms with Crippen LogP contribution < -0.4 is 0 Å². The second-order valence-corrected chi connectivity index (χ2v) is 8.59. The van der Waals surface area contributed by atoms with Gasteiger partial charge in [-0.3, -0.25) is 14.5 Å². The molecule has 1 saturated heterocycles. The molecule has 1 fully saturated rings. The van der Waals surface area contributed by atoms with Crippen LogP contribution >= 0.6 is 11.6 Å². The van der Waals surface area contributed by atoms with Crippen molar-refractivity contribution < 1.29 is 9.59 Å². The van der Waals surface area contributed by atoms with Crippen LogP contribution in [0, 0.1) is 13.8 Å². The minimum absolute atomic E-state index is 0.213. The summed E-state index contributed by atoms with van der Waals surface area (Å²) in [6.45, 7) is 7.45. The summed E-state index contributed by atoms with van der Waals surface area (Å²) >= 11 is 5.99. The van der Waals surface area contributed by atoms with Crippen molar-refractivity contribution in [1.82, 2.24) is 14.7 Å². The number of nitrogens with zero attached hydrogens (tertiary/aromatic N) is 3. The van der Waals surface area contributed by atoms with E-state index in [1.165, 1.54) is 4.90 Å². The van der Waals surface area contributed by atoms with Crippen LogP contribution in [0.1, 0.15) is 22.3 Å². The number of halogens is 1. The molecule has 156 valence electrons. The molecule has 2 aliphatic rings. The third-order valence-corrected chi connectivity index (χ3v) is 6.12. The van der Waals surface area contributed by atoms with Crippen LogP contribution in [0.5, 0.6) is 0 Å². The number of piperazine rings is 1. The summed E-state index contributed by atoms with van der Waals surface area (Å²) in [5.74, 6) is -0.440. The molecule has 0 N–H and O–H groups in total. The van der Waals surface area contributed by atoms with Gasteiger partial charge in [-0.05, 0) is 49.7 Å². The van der Waals surface area contributed by atoms with E-state index in [2.05, 4.69) is 22.9 Å². The van der Waals surface area contributed by atoms with Crippen molar-refractivity contribution in [2.45, 2.75) is 20.4 Å². The molecule has 2 aromatic carbocycles. The molecule has 2 aromatic rings. The smallest absolute Gasteiger partial charge is 0.278 e. The molecule has 0 unspecified atom stereocenters. The zero-order valence-electron chi connectivity index (χ0n) is 17.6. The van der Waals surface area contributed by atoms with E-state index in [0.29, 0.717) is 16.3 Å². The maximum atomic E-state index is 13.5. The summed E-state index contributed by atoms with van der Waals surface area (Å²) in [5, 5.41) is 0.630. The molecule has 2 heterocycles. The Bertz CT molecular complexity index is 1020. The molecule has 0 radical (unpaired) electrons. The number of carbonyl (C=O) groups is 2. The molecule has 4 rings (SSSR count). The van der Waals surface area contributed by atoms with E-state index >= 15 is 0 Å². The second kappa shape index (κ2) is 8.25. The first-order chi connectivity index (χ1) is 14.3. The quantitative estimate of drug-likeness (QED) is 0.706. The van der Waals surface area contributed by atoms with Gasteiger partial charge in [0.2, 0.25) is 0 Å². The lowest BCUT2D eigenvalue weighted by Crippen LogP contribution is -2.46. The highest BCUT2D eigenvalue weighted by Crippen LogP contribution is 2.34. The van der Waals surface area contributed by atoms with Crippen molar-refractivity contribution in [2.75, 3.05) is 33.2 Å². The van der Waals surface area contributed by atoms with E-state index in [1.807, 2.05) is 38.1 Å². The van der Waals surface area contributed by atoms with Crippen LogP contribution in [0.2, 0.25) is 5.02 Å². The van der Waals surface area contributed by atoms with Gasteiger partial charge in [0.25, 0.3) is 11.8 Å². The molecular weight excluding hydrogens is 398 g/mol. The highest BCUT2D eigenvalue weighted by molar-refractivity contribution is 6.35. The number of amides is 2. The average Bonchev–Trinajstić information content (AvgIpc) is 2.95. The van der Waals surface area contributed by atoms with Crippen LogP contribution in [0.15, 0.2) is 48.2 Å². The highest BCUT2D eigenvalue weighted by atomic mass is 35.5. The Morgan fingerprint density at radius 3 is 2.20 bits per heavy atom. The summed E-state index contributed by atoms with van der Waals surface area (Å²) in [4.78, 5) is 32.7. The predicted octanol–water partition coefficient (Wildman–Crippen LogP) is 3.48. The highest BCUT2D eigenvalue weighted by Gasteiger charge is 2.42. The molecule has 30 heavy (non-hydrogen) atoms. The van der Waals surface area contributed by atoms with Gasteiger partial charge in [-0.25, -0.2) is 0 Å². The normalized spacial score (nSPS) is 18.0. The van der Waals surface area contributed by atoms with E-state index < -0.39 is 0 Å². The topological polar surface area (TPSA) is 43.9 Å². The molecule has 0 bridgehead atoms. The first-order valence-corrected chi connectivity index (χ1v) is 10.6. The van der Waals surface area contributed by atoms with Crippen molar-refractivity contribution in [1.29, 1.82) is 0 Å². The SMILES string of the molecule is Cc1ccc(C2=C(N3CCN(C)CC3)C(=O)N(Cc3ccc(Cl)cc3)C2=O)c(C)c1. The first kappa shape index (κ1) is 20.6. The summed E-state index contributed by atoms with van der Waals surface area (Å²) in [6, 6.07) is 13.3. The fraction of sp³-hybridized carbons (Fsp3) is 0.333. The van der Waals surface area contributed by atoms with Gasteiger partial charge in [0.1, 0.15) is 5.70 Å². The van der Waals surface area contributed by atoms with Crippen LogP contribution in [0.25, 0.3) is 5.57 Å². The van der Waals surface area contributed by atoms with Crippen molar-refractivity contribution in [2.24, 2.45) is 0 Å². The largest absolute Gasteiger partial charge is 0.364 e. The molecule has 2 amide bonds. The van der Waals surface area contributed by atoms with Gasteiger partial charge >= 0.3 is 0 Å². The van der Waals surface area contributed by atoms with Crippen molar-refractivity contribution in [3.8, 4) is 0 Å². The Hall–Kier alpha value is -2.63. The summed E-state index contributed by atoms with van der Waals surface area (Å²) in [7, 11) is 2.07. The molecule has 0 saturated carbocycles. The zero-order valence-corrected chi connectivity index (χ0v) is 18.4. The Morgan fingerprint density at radius 2 is 1.57 bits per heavy atom.